The summed E-state index contributed by atoms with van der Waals surface area (Å²) in [6.45, 7) is 11.3. The number of carbonyl (C=O) groups excluding carboxylic acids is 1. The molecule has 1 rings (SSSR count). The van der Waals surface area contributed by atoms with Crippen molar-refractivity contribution in [3.05, 3.63) is 0 Å². The molecule has 0 radical (unpaired) electrons. The molecule has 5 heteroatoms. The SMILES string of the molecule is CC(C)(C)OC(=O)N1CCC(C(C)(C)OCCO)C1. The lowest BCUT2D eigenvalue weighted by atomic mass is 9.90. The van der Waals surface area contributed by atoms with Crippen molar-refractivity contribution in [1.82, 2.24) is 4.90 Å². The van der Waals surface area contributed by atoms with Gasteiger partial charge in [-0.3, -0.25) is 0 Å². The Bertz CT molecular complexity index is 309. The minimum atomic E-state index is -0.460. The van der Waals surface area contributed by atoms with E-state index in [2.05, 4.69) is 0 Å². The minimum absolute atomic E-state index is 0.0198. The van der Waals surface area contributed by atoms with Crippen molar-refractivity contribution in [2.24, 2.45) is 5.92 Å². The van der Waals surface area contributed by atoms with Crippen LogP contribution >= 0.6 is 0 Å². The zero-order chi connectivity index (χ0) is 14.7. The van der Waals surface area contributed by atoms with Gasteiger partial charge >= 0.3 is 6.09 Å². The molecule has 1 heterocycles. The quantitative estimate of drug-likeness (QED) is 0.851. The molecule has 1 atom stereocenters. The maximum Gasteiger partial charge on any atom is 0.410 e. The number of aliphatic hydroxyl groups is 1. The van der Waals surface area contributed by atoms with E-state index in [4.69, 9.17) is 14.6 Å². The van der Waals surface area contributed by atoms with Crippen LogP contribution in [0.5, 0.6) is 0 Å². The van der Waals surface area contributed by atoms with Crippen molar-refractivity contribution in [1.29, 1.82) is 0 Å². The number of rotatable bonds is 4. The second-order valence-corrected chi connectivity index (χ2v) is 6.59. The fraction of sp³-hybridized carbons (Fsp3) is 0.929. The zero-order valence-electron chi connectivity index (χ0n) is 12.7. The Morgan fingerprint density at radius 3 is 2.47 bits per heavy atom. The summed E-state index contributed by atoms with van der Waals surface area (Å²) in [7, 11) is 0. The van der Waals surface area contributed by atoms with Crippen molar-refractivity contribution in [2.75, 3.05) is 26.3 Å². The smallest absolute Gasteiger partial charge is 0.410 e. The molecule has 5 nitrogen and oxygen atoms in total. The highest BCUT2D eigenvalue weighted by Gasteiger charge is 2.38. The topological polar surface area (TPSA) is 59.0 Å². The fourth-order valence-electron chi connectivity index (χ4n) is 2.25. The van der Waals surface area contributed by atoms with Gasteiger partial charge in [0.2, 0.25) is 0 Å². The average Bonchev–Trinajstić information content (AvgIpc) is 2.74. The number of nitrogens with zero attached hydrogens (tertiary/aromatic N) is 1. The first-order chi connectivity index (χ1) is 8.65. The number of ether oxygens (including phenoxy) is 2. The first-order valence-corrected chi connectivity index (χ1v) is 6.88. The van der Waals surface area contributed by atoms with Crippen molar-refractivity contribution in [3.63, 3.8) is 0 Å². The molecule has 1 aliphatic rings. The third-order valence-electron chi connectivity index (χ3n) is 3.39. The highest BCUT2D eigenvalue weighted by molar-refractivity contribution is 5.68. The second kappa shape index (κ2) is 6.09. The molecule has 1 amide bonds. The van der Waals surface area contributed by atoms with Crippen LogP contribution < -0.4 is 0 Å². The van der Waals surface area contributed by atoms with Gasteiger partial charge in [-0.1, -0.05) is 0 Å². The second-order valence-electron chi connectivity index (χ2n) is 6.59. The van der Waals surface area contributed by atoms with Crippen LogP contribution in [0.3, 0.4) is 0 Å². The van der Waals surface area contributed by atoms with Crippen LogP contribution in [0.4, 0.5) is 4.79 Å². The number of likely N-dealkylation sites (tertiary alicyclic amines) is 1. The monoisotopic (exact) mass is 273 g/mol. The van der Waals surface area contributed by atoms with Gasteiger partial charge in [-0.2, -0.15) is 0 Å². The van der Waals surface area contributed by atoms with Crippen LogP contribution in [-0.2, 0) is 9.47 Å². The Balaban J connectivity index is 2.51. The molecule has 0 aliphatic carbocycles. The van der Waals surface area contributed by atoms with E-state index in [9.17, 15) is 4.79 Å². The summed E-state index contributed by atoms with van der Waals surface area (Å²) in [5.41, 5.74) is -0.794. The lowest BCUT2D eigenvalue weighted by Crippen LogP contribution is -2.40. The maximum atomic E-state index is 12.0. The van der Waals surface area contributed by atoms with Gasteiger partial charge in [-0.15, -0.1) is 0 Å². The van der Waals surface area contributed by atoms with Gasteiger partial charge in [0.15, 0.2) is 0 Å². The van der Waals surface area contributed by atoms with Gasteiger partial charge in [0.1, 0.15) is 5.60 Å². The molecule has 112 valence electrons. The molecule has 0 bridgehead atoms. The Hall–Kier alpha value is -0.810. The summed E-state index contributed by atoms with van der Waals surface area (Å²) >= 11 is 0. The highest BCUT2D eigenvalue weighted by Crippen LogP contribution is 2.30. The normalized spacial score (nSPS) is 20.7. The molecular formula is C14H27NO4. The highest BCUT2D eigenvalue weighted by atomic mass is 16.6. The van der Waals surface area contributed by atoms with E-state index in [1.165, 1.54) is 0 Å². The largest absolute Gasteiger partial charge is 0.444 e. The Morgan fingerprint density at radius 1 is 1.32 bits per heavy atom. The summed E-state index contributed by atoms with van der Waals surface area (Å²) in [5.74, 6) is 0.270. The third-order valence-corrected chi connectivity index (χ3v) is 3.39. The van der Waals surface area contributed by atoms with Crippen molar-refractivity contribution >= 4 is 6.09 Å². The number of carbonyl (C=O) groups is 1. The first-order valence-electron chi connectivity index (χ1n) is 6.88. The first kappa shape index (κ1) is 16.2. The van der Waals surface area contributed by atoms with E-state index in [0.29, 0.717) is 19.7 Å². The fourth-order valence-corrected chi connectivity index (χ4v) is 2.25. The molecule has 19 heavy (non-hydrogen) atoms. The molecule has 1 N–H and O–H groups in total. The van der Waals surface area contributed by atoms with Crippen LogP contribution in [0, 0.1) is 5.92 Å². The van der Waals surface area contributed by atoms with Gasteiger partial charge in [0.25, 0.3) is 0 Å². The van der Waals surface area contributed by atoms with E-state index < -0.39 is 5.60 Å². The minimum Gasteiger partial charge on any atom is -0.444 e. The summed E-state index contributed by atoms with van der Waals surface area (Å²) < 4.78 is 11.0. The molecule has 0 aromatic rings. The molecule has 1 saturated heterocycles. The molecule has 0 saturated carbocycles. The summed E-state index contributed by atoms with van der Waals surface area (Å²) in [5, 5.41) is 8.83. The number of amides is 1. The summed E-state index contributed by atoms with van der Waals surface area (Å²) in [4.78, 5) is 13.7. The van der Waals surface area contributed by atoms with Gasteiger partial charge in [0.05, 0.1) is 18.8 Å². The lowest BCUT2D eigenvalue weighted by molar-refractivity contribution is -0.0684. The van der Waals surface area contributed by atoms with Crippen molar-refractivity contribution < 1.29 is 19.4 Å². The predicted octanol–water partition coefficient (Wildman–Crippen LogP) is 2.03. The number of hydrogen-bond donors (Lipinski definition) is 1. The standard InChI is InChI=1S/C14H27NO4/c1-13(2,3)19-12(17)15-7-6-11(10-15)14(4,5)18-9-8-16/h11,16H,6-10H2,1-5H3. The molecule has 0 aromatic carbocycles. The van der Waals surface area contributed by atoms with Crippen LogP contribution in [0.2, 0.25) is 0 Å². The van der Waals surface area contributed by atoms with E-state index in [1.54, 1.807) is 4.90 Å². The summed E-state index contributed by atoms with van der Waals surface area (Å²) in [6.07, 6.45) is 0.644. The zero-order valence-corrected chi connectivity index (χ0v) is 12.7. The Kier molecular flexibility index (Phi) is 5.21. The molecular weight excluding hydrogens is 246 g/mol. The van der Waals surface area contributed by atoms with E-state index >= 15 is 0 Å². The Labute approximate surface area is 115 Å². The number of aliphatic hydroxyl groups excluding tert-OH is 1. The van der Waals surface area contributed by atoms with E-state index in [1.807, 2.05) is 34.6 Å². The molecule has 1 fully saturated rings. The van der Waals surface area contributed by atoms with Crippen LogP contribution in [-0.4, -0.2) is 53.6 Å². The van der Waals surface area contributed by atoms with Gasteiger partial charge in [0, 0.05) is 19.0 Å². The van der Waals surface area contributed by atoms with Crippen molar-refractivity contribution in [3.8, 4) is 0 Å². The maximum absolute atomic E-state index is 12.0. The third kappa shape index (κ3) is 4.99. The van der Waals surface area contributed by atoms with Gasteiger partial charge in [-0.25, -0.2) is 4.79 Å². The average molecular weight is 273 g/mol. The molecule has 0 spiro atoms. The van der Waals surface area contributed by atoms with Gasteiger partial charge < -0.3 is 19.5 Å². The van der Waals surface area contributed by atoms with E-state index in [-0.39, 0.29) is 24.2 Å². The van der Waals surface area contributed by atoms with Crippen molar-refractivity contribution in [2.45, 2.75) is 52.2 Å². The predicted molar refractivity (Wildman–Crippen MR) is 73.0 cm³/mol. The molecule has 1 aliphatic heterocycles. The molecule has 0 aromatic heterocycles. The lowest BCUT2D eigenvalue weighted by Gasteiger charge is -2.32. The van der Waals surface area contributed by atoms with Crippen LogP contribution in [0.1, 0.15) is 41.0 Å². The number of hydrogen-bond acceptors (Lipinski definition) is 4. The van der Waals surface area contributed by atoms with Gasteiger partial charge in [-0.05, 0) is 41.0 Å². The molecule has 1 unspecified atom stereocenters. The van der Waals surface area contributed by atoms with E-state index in [0.717, 1.165) is 6.42 Å². The van der Waals surface area contributed by atoms with Crippen LogP contribution in [0.25, 0.3) is 0 Å². The van der Waals surface area contributed by atoms with Crippen LogP contribution in [0.15, 0.2) is 0 Å². The Morgan fingerprint density at radius 2 is 1.95 bits per heavy atom. The summed E-state index contributed by atoms with van der Waals surface area (Å²) in [6, 6.07) is 0.